The van der Waals surface area contributed by atoms with E-state index in [1.807, 2.05) is 18.2 Å². The van der Waals surface area contributed by atoms with Crippen molar-refractivity contribution in [3.05, 3.63) is 101 Å². The van der Waals surface area contributed by atoms with Gasteiger partial charge in [-0.25, -0.2) is 34.9 Å². The van der Waals surface area contributed by atoms with Gasteiger partial charge in [-0.1, -0.05) is 18.2 Å². The minimum absolute atomic E-state index is 0.230. The first-order chi connectivity index (χ1) is 31.1. The lowest BCUT2D eigenvalue weighted by Crippen LogP contribution is -2.29. The Morgan fingerprint density at radius 1 is 0.672 bits per heavy atom. The van der Waals surface area contributed by atoms with Gasteiger partial charge in [0.15, 0.2) is 22.3 Å². The van der Waals surface area contributed by atoms with Gasteiger partial charge in [0.05, 0.1) is 25.2 Å². The zero-order valence-electron chi connectivity index (χ0n) is 35.6. The van der Waals surface area contributed by atoms with Crippen molar-refractivity contribution in [2.75, 3.05) is 47.7 Å². The Balaban J connectivity index is 0.000000145. The van der Waals surface area contributed by atoms with Crippen LogP contribution in [0.15, 0.2) is 96.2 Å². The van der Waals surface area contributed by atoms with Crippen LogP contribution >= 0.6 is 34.3 Å². The summed E-state index contributed by atoms with van der Waals surface area (Å²) in [6.07, 6.45) is 8.05. The predicted molar refractivity (Wildman–Crippen MR) is 257 cm³/mol. The molecule has 0 spiro atoms. The van der Waals surface area contributed by atoms with E-state index in [0.29, 0.717) is 46.8 Å². The van der Waals surface area contributed by atoms with Crippen LogP contribution in [0.5, 0.6) is 11.8 Å². The SMILES string of the molecule is COc1ccc(-c2nc(Nc3cccc(N4CCC[C@@H]4C)c3)c3ncsc3n2)cn1.COc1ccc(B(O)O)cn1.C[C@H]1CCCN1c1cccc(Nc2nc(Cl)nc3scnc23)c1. The van der Waals surface area contributed by atoms with E-state index in [4.69, 9.17) is 36.1 Å². The third kappa shape index (κ3) is 10.6. The number of benzene rings is 2. The van der Waals surface area contributed by atoms with Crippen LogP contribution in [0.1, 0.15) is 39.5 Å². The smallest absolute Gasteiger partial charge is 0.481 e. The molecule has 4 N–H and O–H groups in total. The second-order valence-corrected chi connectivity index (χ2v) is 17.1. The molecule has 0 unspecified atom stereocenters. The Kier molecular flexibility index (Phi) is 14.2. The number of aromatic nitrogens is 8. The van der Waals surface area contributed by atoms with Gasteiger partial charge in [-0.2, -0.15) is 4.98 Å². The fourth-order valence-electron chi connectivity index (χ4n) is 7.53. The number of rotatable bonds is 10. The number of ether oxygens (including phenoxy) is 2. The number of nitrogens with zero attached hydrogens (tertiary/aromatic N) is 10. The van der Waals surface area contributed by atoms with Gasteiger partial charge in [0, 0.05) is 77.4 Å². The molecule has 20 heteroatoms. The third-order valence-corrected chi connectivity index (χ3v) is 12.4. The lowest BCUT2D eigenvalue weighted by Gasteiger charge is -2.24. The van der Waals surface area contributed by atoms with Crippen LogP contribution < -0.4 is 35.4 Å². The Hall–Kier alpha value is -6.25. The summed E-state index contributed by atoms with van der Waals surface area (Å²) in [6, 6.07) is 24.8. The van der Waals surface area contributed by atoms with Crippen molar-refractivity contribution < 1.29 is 19.5 Å². The first-order valence-corrected chi connectivity index (χ1v) is 22.8. The second kappa shape index (κ2) is 20.5. The molecule has 0 aliphatic carbocycles. The number of pyridine rings is 2. The van der Waals surface area contributed by atoms with Crippen LogP contribution in [0.2, 0.25) is 5.28 Å². The highest BCUT2D eigenvalue weighted by atomic mass is 35.5. The van der Waals surface area contributed by atoms with Crippen molar-refractivity contribution in [1.29, 1.82) is 0 Å². The van der Waals surface area contributed by atoms with Crippen LogP contribution in [0.4, 0.5) is 34.4 Å². The molecule has 10 rings (SSSR count). The molecule has 0 bridgehead atoms. The minimum atomic E-state index is -1.46. The molecule has 328 valence electrons. The van der Waals surface area contributed by atoms with Crippen molar-refractivity contribution in [2.45, 2.75) is 51.6 Å². The quantitative estimate of drug-likeness (QED) is 0.0758. The Bertz CT molecular complexity index is 2800. The van der Waals surface area contributed by atoms with Gasteiger partial charge in [-0.05, 0) is 99.7 Å². The molecular weight excluding hydrogens is 871 g/mol. The molecule has 2 saturated heterocycles. The van der Waals surface area contributed by atoms with Crippen LogP contribution in [0.3, 0.4) is 0 Å². The van der Waals surface area contributed by atoms with Crippen LogP contribution in [0.25, 0.3) is 32.1 Å². The lowest BCUT2D eigenvalue weighted by molar-refractivity contribution is 0.397. The van der Waals surface area contributed by atoms with Crippen molar-refractivity contribution in [3.63, 3.8) is 0 Å². The number of halogens is 1. The topological polar surface area (TPSA) is 193 Å². The van der Waals surface area contributed by atoms with Crippen molar-refractivity contribution in [1.82, 2.24) is 39.9 Å². The highest BCUT2D eigenvalue weighted by Crippen LogP contribution is 2.33. The standard InChI is InChI=1S/C22H22N6OS.C16H16ClN5S.C6H8BNO3/c1-14-5-4-10-28(14)17-7-3-6-16(11-17)25-21-19-22(30-13-24-19)27-20(26-21)15-8-9-18(29-2)23-12-15;1-10-4-3-7-22(10)12-6-2-5-11(8-12)19-14-13-15(23-9-18-13)21-16(17)20-14;1-11-6-3-2-5(4-8-6)7(9)10/h3,6-9,11-14H,4-5,10H2,1-2H3,(H,25,26,27);2,5-6,8-10H,3-4,7H2,1H3,(H,19,20,21);2-4,9-10H,1H3/t14-;10-;/m00./s1. The van der Waals surface area contributed by atoms with E-state index in [2.05, 4.69) is 112 Å². The zero-order valence-corrected chi connectivity index (χ0v) is 38.0. The normalized spacial score (nSPS) is 15.6. The summed E-state index contributed by atoms with van der Waals surface area (Å²) < 4.78 is 9.92. The fraction of sp³-hybridized carbons (Fsp3) is 0.273. The van der Waals surface area contributed by atoms with Crippen molar-refractivity contribution >= 4 is 102 Å². The number of anilines is 6. The Morgan fingerprint density at radius 2 is 1.22 bits per heavy atom. The molecule has 2 atom stereocenters. The molecule has 8 aromatic rings. The molecule has 0 radical (unpaired) electrons. The van der Waals surface area contributed by atoms with Gasteiger partial charge in [0.1, 0.15) is 15.9 Å². The van der Waals surface area contributed by atoms with E-state index in [9.17, 15) is 0 Å². The molecule has 2 aromatic carbocycles. The first kappa shape index (κ1) is 44.4. The minimum Gasteiger partial charge on any atom is -0.481 e. The Morgan fingerprint density at radius 3 is 1.70 bits per heavy atom. The maximum Gasteiger partial charge on any atom is 0.490 e. The van der Waals surface area contributed by atoms with Crippen molar-refractivity contribution in [3.8, 4) is 23.1 Å². The third-order valence-electron chi connectivity index (χ3n) is 10.8. The molecule has 0 amide bonds. The maximum atomic E-state index is 8.66. The maximum absolute atomic E-state index is 8.66. The number of methoxy groups -OCH3 is 2. The van der Waals surface area contributed by atoms with E-state index in [0.717, 1.165) is 50.7 Å². The lowest BCUT2D eigenvalue weighted by atomic mass is 9.82. The van der Waals surface area contributed by atoms with Gasteiger partial charge in [0.2, 0.25) is 17.0 Å². The fourth-order valence-corrected chi connectivity index (χ4v) is 9.07. The molecule has 2 fully saturated rings. The summed E-state index contributed by atoms with van der Waals surface area (Å²) >= 11 is 8.96. The molecular formula is C44H46BClN12O4S2. The molecule has 6 aromatic heterocycles. The van der Waals surface area contributed by atoms with E-state index in [-0.39, 0.29) is 5.28 Å². The van der Waals surface area contributed by atoms with E-state index in [1.54, 1.807) is 30.4 Å². The predicted octanol–water partition coefficient (Wildman–Crippen LogP) is 8.13. The molecule has 2 aliphatic heterocycles. The van der Waals surface area contributed by atoms with Gasteiger partial charge in [-0.3, -0.25) is 0 Å². The average Bonchev–Trinajstić information content (AvgIpc) is 4.16. The van der Waals surface area contributed by atoms with Gasteiger partial charge in [0.25, 0.3) is 0 Å². The highest BCUT2D eigenvalue weighted by molar-refractivity contribution is 7.16. The summed E-state index contributed by atoms with van der Waals surface area (Å²) in [7, 11) is 1.63. The van der Waals surface area contributed by atoms with Gasteiger partial charge in [-0.15, -0.1) is 22.7 Å². The number of hydrogen-bond donors (Lipinski definition) is 4. The van der Waals surface area contributed by atoms with E-state index >= 15 is 0 Å². The molecule has 2 aliphatic rings. The van der Waals surface area contributed by atoms with E-state index < -0.39 is 7.12 Å². The average molecular weight is 917 g/mol. The number of hydrogen-bond acceptors (Lipinski definition) is 18. The van der Waals surface area contributed by atoms with Crippen LogP contribution in [-0.2, 0) is 0 Å². The Labute approximate surface area is 383 Å². The first-order valence-electron chi connectivity index (χ1n) is 20.7. The van der Waals surface area contributed by atoms with Gasteiger partial charge < -0.3 is 40.0 Å². The summed E-state index contributed by atoms with van der Waals surface area (Å²) in [6.45, 7) is 6.77. The van der Waals surface area contributed by atoms with Crippen LogP contribution in [-0.4, -0.2) is 96.4 Å². The van der Waals surface area contributed by atoms with Crippen molar-refractivity contribution in [2.24, 2.45) is 0 Å². The molecule has 64 heavy (non-hydrogen) atoms. The highest BCUT2D eigenvalue weighted by Gasteiger charge is 2.22. The summed E-state index contributed by atoms with van der Waals surface area (Å²) in [5, 5.41) is 24.4. The summed E-state index contributed by atoms with van der Waals surface area (Å²) in [5.41, 5.74) is 10.7. The second-order valence-electron chi connectivity index (χ2n) is 15.1. The monoisotopic (exact) mass is 916 g/mol. The zero-order chi connectivity index (χ0) is 44.6. The summed E-state index contributed by atoms with van der Waals surface area (Å²) in [5.74, 6) is 2.96. The van der Waals surface area contributed by atoms with Crippen LogP contribution in [0, 0.1) is 0 Å². The number of thiazole rings is 2. The number of nitrogens with one attached hydrogen (secondary N) is 2. The largest absolute Gasteiger partial charge is 0.490 e. The molecule has 8 heterocycles. The number of fused-ring (bicyclic) bond motifs is 2. The molecule has 16 nitrogen and oxygen atoms in total. The summed E-state index contributed by atoms with van der Waals surface area (Å²) in [4.78, 5) is 41.3. The molecule has 0 saturated carbocycles. The van der Waals surface area contributed by atoms with Gasteiger partial charge >= 0.3 is 7.12 Å². The van der Waals surface area contributed by atoms with E-state index in [1.165, 1.54) is 79.1 Å².